The molecule has 2 aromatic rings. The van der Waals surface area contributed by atoms with Crippen LogP contribution < -0.4 is 4.74 Å². The van der Waals surface area contributed by atoms with Gasteiger partial charge >= 0.3 is 0 Å². The largest absolute Gasteiger partial charge is 0.485 e. The van der Waals surface area contributed by atoms with E-state index in [1.165, 1.54) is 12.1 Å². The molecule has 5 heteroatoms. The minimum Gasteiger partial charge on any atom is -0.485 e. The molecule has 0 spiro atoms. The van der Waals surface area contributed by atoms with E-state index in [0.29, 0.717) is 17.7 Å². The van der Waals surface area contributed by atoms with E-state index >= 15 is 0 Å². The van der Waals surface area contributed by atoms with Gasteiger partial charge in [0.05, 0.1) is 12.3 Å². The SMILES string of the molecule is CCCn1cc(C2C[C@@H](O)c3ccc(F)cc3O2)cn1. The van der Waals surface area contributed by atoms with Crippen molar-refractivity contribution in [3.63, 3.8) is 0 Å². The van der Waals surface area contributed by atoms with E-state index in [-0.39, 0.29) is 11.9 Å². The van der Waals surface area contributed by atoms with Crippen LogP contribution in [0.25, 0.3) is 0 Å². The lowest BCUT2D eigenvalue weighted by molar-refractivity contribution is 0.0653. The highest BCUT2D eigenvalue weighted by atomic mass is 19.1. The molecule has 0 radical (unpaired) electrons. The van der Waals surface area contributed by atoms with Crippen LogP contribution in [-0.4, -0.2) is 14.9 Å². The van der Waals surface area contributed by atoms with Crippen LogP contribution in [0.5, 0.6) is 5.75 Å². The number of nitrogens with zero attached hydrogens (tertiary/aromatic N) is 2. The number of hydrogen-bond acceptors (Lipinski definition) is 3. The Morgan fingerprint density at radius 3 is 3.15 bits per heavy atom. The lowest BCUT2D eigenvalue weighted by Gasteiger charge is -2.29. The molecule has 0 bridgehead atoms. The molecule has 1 aliphatic rings. The summed E-state index contributed by atoms with van der Waals surface area (Å²) >= 11 is 0. The summed E-state index contributed by atoms with van der Waals surface area (Å²) in [5.74, 6) is 0.0512. The molecule has 0 amide bonds. The van der Waals surface area contributed by atoms with Crippen molar-refractivity contribution >= 4 is 0 Å². The second-order valence-corrected chi connectivity index (χ2v) is 5.08. The van der Waals surface area contributed by atoms with Crippen molar-refractivity contribution in [2.45, 2.75) is 38.5 Å². The molecule has 1 aromatic heterocycles. The quantitative estimate of drug-likeness (QED) is 0.937. The summed E-state index contributed by atoms with van der Waals surface area (Å²) in [7, 11) is 0. The van der Waals surface area contributed by atoms with E-state index in [1.54, 1.807) is 12.3 Å². The summed E-state index contributed by atoms with van der Waals surface area (Å²) in [5.41, 5.74) is 1.55. The molecule has 0 aliphatic carbocycles. The Bertz CT molecular complexity index is 612. The Labute approximate surface area is 116 Å². The predicted molar refractivity (Wildman–Crippen MR) is 71.9 cm³/mol. The van der Waals surface area contributed by atoms with Crippen LogP contribution >= 0.6 is 0 Å². The van der Waals surface area contributed by atoms with Crippen LogP contribution in [0.15, 0.2) is 30.6 Å². The normalized spacial score (nSPS) is 21.4. The fourth-order valence-corrected chi connectivity index (χ4v) is 2.52. The maximum atomic E-state index is 13.3. The molecule has 2 atom stereocenters. The summed E-state index contributed by atoms with van der Waals surface area (Å²) in [4.78, 5) is 0. The Balaban J connectivity index is 1.86. The van der Waals surface area contributed by atoms with Crippen LogP contribution in [0.4, 0.5) is 4.39 Å². The number of aromatic nitrogens is 2. The zero-order chi connectivity index (χ0) is 14.1. The smallest absolute Gasteiger partial charge is 0.130 e. The molecule has 0 saturated heterocycles. The van der Waals surface area contributed by atoms with Gasteiger partial charge in [0.1, 0.15) is 17.7 Å². The highest BCUT2D eigenvalue weighted by Gasteiger charge is 2.29. The average molecular weight is 276 g/mol. The Morgan fingerprint density at radius 2 is 2.35 bits per heavy atom. The second kappa shape index (κ2) is 5.25. The predicted octanol–water partition coefficient (Wildman–Crippen LogP) is 2.99. The van der Waals surface area contributed by atoms with E-state index in [4.69, 9.17) is 4.74 Å². The molecular formula is C15H17FN2O2. The number of aliphatic hydroxyl groups excluding tert-OH is 1. The first-order valence-corrected chi connectivity index (χ1v) is 6.84. The van der Waals surface area contributed by atoms with Gasteiger partial charge < -0.3 is 9.84 Å². The van der Waals surface area contributed by atoms with E-state index in [1.807, 2.05) is 10.9 Å². The molecule has 2 heterocycles. The van der Waals surface area contributed by atoms with Crippen molar-refractivity contribution in [2.24, 2.45) is 0 Å². The lowest BCUT2D eigenvalue weighted by atomic mass is 9.96. The minimum atomic E-state index is -0.640. The van der Waals surface area contributed by atoms with E-state index in [2.05, 4.69) is 12.0 Å². The standard InChI is InChI=1S/C15H17FN2O2/c1-2-5-18-9-10(8-17-18)14-7-13(19)12-4-3-11(16)6-15(12)20-14/h3-4,6,8-9,13-14,19H,2,5,7H2,1H3/t13-,14?/m1/s1. The number of rotatable bonds is 3. The highest BCUT2D eigenvalue weighted by molar-refractivity contribution is 5.38. The van der Waals surface area contributed by atoms with Crippen molar-refractivity contribution in [1.82, 2.24) is 9.78 Å². The number of ether oxygens (including phenoxy) is 1. The molecule has 1 unspecified atom stereocenters. The lowest BCUT2D eigenvalue weighted by Crippen LogP contribution is -2.18. The number of halogens is 1. The molecule has 1 aliphatic heterocycles. The minimum absolute atomic E-state index is 0.287. The third-order valence-corrected chi connectivity index (χ3v) is 3.52. The number of benzene rings is 1. The van der Waals surface area contributed by atoms with Gasteiger partial charge in [-0.05, 0) is 18.6 Å². The summed E-state index contributed by atoms with van der Waals surface area (Å²) in [6, 6.07) is 4.23. The van der Waals surface area contributed by atoms with Crippen molar-refractivity contribution in [1.29, 1.82) is 0 Å². The zero-order valence-electron chi connectivity index (χ0n) is 11.3. The van der Waals surface area contributed by atoms with Gasteiger partial charge in [0, 0.05) is 36.4 Å². The zero-order valence-corrected chi connectivity index (χ0v) is 11.3. The van der Waals surface area contributed by atoms with Gasteiger partial charge in [-0.3, -0.25) is 4.68 Å². The van der Waals surface area contributed by atoms with E-state index in [0.717, 1.165) is 18.5 Å². The van der Waals surface area contributed by atoms with Gasteiger partial charge in [0.2, 0.25) is 0 Å². The van der Waals surface area contributed by atoms with Crippen molar-refractivity contribution in [2.75, 3.05) is 0 Å². The van der Waals surface area contributed by atoms with Crippen molar-refractivity contribution < 1.29 is 14.2 Å². The molecule has 1 aromatic carbocycles. The topological polar surface area (TPSA) is 47.3 Å². The average Bonchev–Trinajstić information content (AvgIpc) is 2.87. The van der Waals surface area contributed by atoms with Crippen molar-refractivity contribution in [3.05, 3.63) is 47.5 Å². The Hall–Kier alpha value is -1.88. The monoisotopic (exact) mass is 276 g/mol. The van der Waals surface area contributed by atoms with Crippen LogP contribution in [0.2, 0.25) is 0 Å². The first kappa shape index (κ1) is 13.1. The maximum absolute atomic E-state index is 13.3. The molecule has 0 saturated carbocycles. The summed E-state index contributed by atoms with van der Waals surface area (Å²) < 4.78 is 20.9. The van der Waals surface area contributed by atoms with Gasteiger partial charge in [-0.2, -0.15) is 5.10 Å². The first-order valence-electron chi connectivity index (χ1n) is 6.84. The van der Waals surface area contributed by atoms with E-state index in [9.17, 15) is 9.50 Å². The fourth-order valence-electron chi connectivity index (χ4n) is 2.52. The number of aryl methyl sites for hydroxylation is 1. The van der Waals surface area contributed by atoms with Crippen LogP contribution in [-0.2, 0) is 6.54 Å². The second-order valence-electron chi connectivity index (χ2n) is 5.08. The van der Waals surface area contributed by atoms with Crippen LogP contribution in [0.1, 0.15) is 43.1 Å². The van der Waals surface area contributed by atoms with Gasteiger partial charge in [-0.1, -0.05) is 6.92 Å². The van der Waals surface area contributed by atoms with Crippen LogP contribution in [0, 0.1) is 5.82 Å². The molecule has 106 valence electrons. The summed E-state index contributed by atoms with van der Waals surface area (Å²) in [5, 5.41) is 14.4. The number of hydrogen-bond donors (Lipinski definition) is 1. The maximum Gasteiger partial charge on any atom is 0.130 e. The third-order valence-electron chi connectivity index (χ3n) is 3.52. The van der Waals surface area contributed by atoms with Crippen LogP contribution in [0.3, 0.4) is 0 Å². The van der Waals surface area contributed by atoms with Gasteiger partial charge in [-0.15, -0.1) is 0 Å². The molecule has 0 fully saturated rings. The summed E-state index contributed by atoms with van der Waals surface area (Å²) in [6.07, 6.45) is 4.20. The Morgan fingerprint density at radius 1 is 1.50 bits per heavy atom. The molecular weight excluding hydrogens is 259 g/mol. The van der Waals surface area contributed by atoms with E-state index < -0.39 is 6.10 Å². The molecule has 1 N–H and O–H groups in total. The molecule has 4 nitrogen and oxygen atoms in total. The summed E-state index contributed by atoms with van der Waals surface area (Å²) in [6.45, 7) is 2.93. The molecule has 20 heavy (non-hydrogen) atoms. The fraction of sp³-hybridized carbons (Fsp3) is 0.400. The van der Waals surface area contributed by atoms with Crippen molar-refractivity contribution in [3.8, 4) is 5.75 Å². The Kier molecular flexibility index (Phi) is 3.44. The molecule has 3 rings (SSSR count). The number of fused-ring (bicyclic) bond motifs is 1. The number of aliphatic hydroxyl groups is 1. The van der Waals surface area contributed by atoms with Gasteiger partial charge in [-0.25, -0.2) is 4.39 Å². The van der Waals surface area contributed by atoms with Gasteiger partial charge in [0.15, 0.2) is 0 Å². The van der Waals surface area contributed by atoms with Gasteiger partial charge in [0.25, 0.3) is 0 Å². The third kappa shape index (κ3) is 2.41. The first-order chi connectivity index (χ1) is 9.67. The highest BCUT2D eigenvalue weighted by Crippen LogP contribution is 2.40.